The third-order valence-electron chi connectivity index (χ3n) is 0.478. The van der Waals surface area contributed by atoms with Gasteiger partial charge in [-0.1, -0.05) is 0 Å². The lowest BCUT2D eigenvalue weighted by atomic mass is 10.7. The van der Waals surface area contributed by atoms with Gasteiger partial charge in [0.25, 0.3) is 0 Å². The number of rotatable bonds is 0. The smallest absolute Gasteiger partial charge is 0.115 e. The second-order valence-corrected chi connectivity index (χ2v) is 0.904. The highest BCUT2D eigenvalue weighted by atomic mass is 79.9. The van der Waals surface area contributed by atoms with Gasteiger partial charge in [-0.2, -0.15) is 0 Å². The Labute approximate surface area is 57.9 Å². The van der Waals surface area contributed by atoms with Crippen LogP contribution >= 0.6 is 17.0 Å². The Morgan fingerprint density at radius 1 is 1.00 bits per heavy atom. The molecule has 4 heteroatoms. The van der Waals surface area contributed by atoms with Crippen molar-refractivity contribution in [3.05, 3.63) is 24.8 Å². The fourth-order valence-corrected chi connectivity index (χ4v) is 0.253. The topological polar surface area (TPSA) is 57.3 Å². The fraction of sp³-hybridized carbons (Fsp3) is 0. The lowest BCUT2D eigenvalue weighted by molar-refractivity contribution is 0.824. The van der Waals surface area contributed by atoms with E-state index in [2.05, 4.69) is 9.97 Å². The zero-order chi connectivity index (χ0) is 4.24. The van der Waals surface area contributed by atoms with E-state index in [1.54, 1.807) is 18.5 Å². The van der Waals surface area contributed by atoms with Gasteiger partial charge < -0.3 is 5.48 Å². The first-order valence-electron chi connectivity index (χ1n) is 1.70. The maximum Gasteiger partial charge on any atom is 0.115 e. The van der Waals surface area contributed by atoms with Crippen LogP contribution in [0, 0.1) is 0 Å². The van der Waals surface area contributed by atoms with E-state index >= 15 is 0 Å². The molecule has 0 amide bonds. The first-order valence-corrected chi connectivity index (χ1v) is 1.70. The largest absolute Gasteiger partial charge is 0.412 e. The van der Waals surface area contributed by atoms with Crippen LogP contribution in [0.25, 0.3) is 0 Å². The molecule has 0 aliphatic rings. The summed E-state index contributed by atoms with van der Waals surface area (Å²) in [6.45, 7) is 0. The lowest BCUT2D eigenvalue weighted by Gasteiger charge is -1.70. The summed E-state index contributed by atoms with van der Waals surface area (Å²) in [6, 6.07) is 1.78. The van der Waals surface area contributed by atoms with Crippen molar-refractivity contribution in [1.82, 2.24) is 9.97 Å². The van der Waals surface area contributed by atoms with Crippen molar-refractivity contribution < 1.29 is 5.48 Å². The van der Waals surface area contributed by atoms with Crippen molar-refractivity contribution in [2.45, 2.75) is 0 Å². The number of aromatic nitrogens is 2. The van der Waals surface area contributed by atoms with Gasteiger partial charge >= 0.3 is 0 Å². The minimum Gasteiger partial charge on any atom is -0.412 e. The fourth-order valence-electron chi connectivity index (χ4n) is 0.253. The van der Waals surface area contributed by atoms with E-state index < -0.39 is 0 Å². The zero-order valence-electron chi connectivity index (χ0n) is 4.11. The molecule has 0 aromatic carbocycles. The molecule has 0 atom stereocenters. The van der Waals surface area contributed by atoms with Crippen LogP contribution in [-0.2, 0) is 0 Å². The summed E-state index contributed by atoms with van der Waals surface area (Å²) in [5.74, 6) is 0. The van der Waals surface area contributed by atoms with Gasteiger partial charge in [0.05, 0.1) is 0 Å². The minimum absolute atomic E-state index is 0. The van der Waals surface area contributed by atoms with Crippen LogP contribution in [0.15, 0.2) is 24.8 Å². The van der Waals surface area contributed by atoms with Gasteiger partial charge in [-0.3, -0.25) is 0 Å². The van der Waals surface area contributed by atoms with E-state index in [4.69, 9.17) is 0 Å². The van der Waals surface area contributed by atoms with E-state index in [0.717, 1.165) is 0 Å². The highest BCUT2D eigenvalue weighted by Gasteiger charge is 1.59. The van der Waals surface area contributed by atoms with Gasteiger partial charge in [-0.25, -0.2) is 9.97 Å². The summed E-state index contributed by atoms with van der Waals surface area (Å²) in [5.41, 5.74) is 0. The van der Waals surface area contributed by atoms with Gasteiger partial charge in [-0.05, 0) is 6.07 Å². The lowest BCUT2D eigenvalue weighted by Crippen LogP contribution is -1.66. The molecule has 0 bridgehead atoms. The Hall–Kier alpha value is -0.480. The number of hydrogen-bond acceptors (Lipinski definition) is 2. The molecule has 0 saturated heterocycles. The van der Waals surface area contributed by atoms with Crippen molar-refractivity contribution in [3.63, 3.8) is 0 Å². The Kier molecular flexibility index (Phi) is 8.55. The first kappa shape index (κ1) is 10.5. The second kappa shape index (κ2) is 6.52. The Morgan fingerprint density at radius 2 is 1.50 bits per heavy atom. The summed E-state index contributed by atoms with van der Waals surface area (Å²) >= 11 is 0. The summed E-state index contributed by atoms with van der Waals surface area (Å²) in [7, 11) is 0. The Morgan fingerprint density at radius 3 is 1.62 bits per heavy atom. The zero-order valence-corrected chi connectivity index (χ0v) is 5.83. The summed E-state index contributed by atoms with van der Waals surface area (Å²) < 4.78 is 0. The standard InChI is InChI=1S/C4H4N2.BrH.H2O/c1-2-5-4-6-3-1;;/h1-4H;1H;1H2. The molecular weight excluding hydrogens is 172 g/mol. The molecule has 0 aliphatic carbocycles. The molecule has 0 radical (unpaired) electrons. The maximum atomic E-state index is 3.67. The van der Waals surface area contributed by atoms with Crippen LogP contribution in [-0.4, -0.2) is 15.4 Å². The monoisotopic (exact) mass is 178 g/mol. The normalized spacial score (nSPS) is 6.00. The third kappa shape index (κ3) is 3.70. The van der Waals surface area contributed by atoms with Gasteiger partial charge in [0.2, 0.25) is 0 Å². The van der Waals surface area contributed by atoms with E-state index in [1.165, 1.54) is 6.33 Å². The van der Waals surface area contributed by atoms with Crippen LogP contribution in [0.4, 0.5) is 0 Å². The molecule has 0 fully saturated rings. The summed E-state index contributed by atoms with van der Waals surface area (Å²) in [6.07, 6.45) is 4.88. The Bertz CT molecular complexity index is 86.0. The molecule has 0 saturated carbocycles. The third-order valence-corrected chi connectivity index (χ3v) is 0.478. The molecule has 46 valence electrons. The number of nitrogens with zero attached hydrogens (tertiary/aromatic N) is 2. The van der Waals surface area contributed by atoms with Crippen molar-refractivity contribution in [2.75, 3.05) is 0 Å². The summed E-state index contributed by atoms with van der Waals surface area (Å²) in [5, 5.41) is 0. The maximum absolute atomic E-state index is 3.67. The molecule has 1 heterocycles. The highest BCUT2D eigenvalue weighted by molar-refractivity contribution is 8.93. The van der Waals surface area contributed by atoms with Crippen molar-refractivity contribution in [3.8, 4) is 0 Å². The minimum atomic E-state index is 0. The van der Waals surface area contributed by atoms with Gasteiger partial charge in [0, 0.05) is 12.4 Å². The molecule has 0 spiro atoms. The molecular formula is C4H7BrN2O. The van der Waals surface area contributed by atoms with Crippen LogP contribution in [0.1, 0.15) is 0 Å². The van der Waals surface area contributed by atoms with Gasteiger partial charge in [-0.15, -0.1) is 17.0 Å². The molecule has 2 N–H and O–H groups in total. The number of halogens is 1. The van der Waals surface area contributed by atoms with Crippen LogP contribution < -0.4 is 0 Å². The van der Waals surface area contributed by atoms with E-state index in [9.17, 15) is 0 Å². The molecule has 0 unspecified atom stereocenters. The average Bonchev–Trinajstić information content (AvgIpc) is 1.72. The molecule has 8 heavy (non-hydrogen) atoms. The van der Waals surface area contributed by atoms with E-state index in [1.807, 2.05) is 0 Å². The van der Waals surface area contributed by atoms with Gasteiger partial charge in [0.15, 0.2) is 0 Å². The van der Waals surface area contributed by atoms with E-state index in [0.29, 0.717) is 0 Å². The quantitative estimate of drug-likeness (QED) is 0.572. The molecule has 1 rings (SSSR count). The van der Waals surface area contributed by atoms with Crippen LogP contribution in [0.3, 0.4) is 0 Å². The predicted octanol–water partition coefficient (Wildman–Crippen LogP) is 0.230. The van der Waals surface area contributed by atoms with Gasteiger partial charge in [0.1, 0.15) is 6.33 Å². The second-order valence-electron chi connectivity index (χ2n) is 0.904. The Balaban J connectivity index is 0. The number of hydrogen-bond donors (Lipinski definition) is 0. The van der Waals surface area contributed by atoms with Crippen molar-refractivity contribution in [1.29, 1.82) is 0 Å². The molecule has 3 nitrogen and oxygen atoms in total. The molecule has 0 aliphatic heterocycles. The SMILES string of the molecule is Br.O.c1cncnc1. The van der Waals surface area contributed by atoms with E-state index in [-0.39, 0.29) is 22.5 Å². The summed E-state index contributed by atoms with van der Waals surface area (Å²) in [4.78, 5) is 7.35. The first-order chi connectivity index (χ1) is 3.00. The van der Waals surface area contributed by atoms with Crippen LogP contribution in [0.2, 0.25) is 0 Å². The van der Waals surface area contributed by atoms with Crippen LogP contribution in [0.5, 0.6) is 0 Å². The highest BCUT2D eigenvalue weighted by Crippen LogP contribution is 1.66. The molecule has 1 aromatic heterocycles. The average molecular weight is 179 g/mol. The predicted molar refractivity (Wildman–Crippen MR) is 36.0 cm³/mol. The van der Waals surface area contributed by atoms with Crippen molar-refractivity contribution >= 4 is 17.0 Å². The molecule has 1 aromatic rings. The van der Waals surface area contributed by atoms with Crippen molar-refractivity contribution in [2.24, 2.45) is 0 Å².